The van der Waals surface area contributed by atoms with Crippen LogP contribution in [0.2, 0.25) is 0 Å². The van der Waals surface area contributed by atoms with Crippen LogP contribution in [0.15, 0.2) is 18.2 Å². The summed E-state index contributed by atoms with van der Waals surface area (Å²) < 4.78 is 52.7. The molecular weight excluding hydrogens is 413 g/mol. The van der Waals surface area contributed by atoms with Gasteiger partial charge in [-0.25, -0.2) is 0 Å². The molecule has 0 radical (unpaired) electrons. The van der Waals surface area contributed by atoms with Crippen molar-refractivity contribution in [1.82, 2.24) is 10.6 Å². The van der Waals surface area contributed by atoms with Crippen molar-refractivity contribution in [2.75, 3.05) is 39.5 Å². The maximum atomic E-state index is 12.6. The van der Waals surface area contributed by atoms with Gasteiger partial charge in [-0.3, -0.25) is 4.79 Å². The summed E-state index contributed by atoms with van der Waals surface area (Å²) in [6, 6.07) is 4.24. The molecule has 1 saturated heterocycles. The quantitative estimate of drug-likeness (QED) is 0.546. The Morgan fingerprint density at radius 1 is 1.24 bits per heavy atom. The van der Waals surface area contributed by atoms with Gasteiger partial charge in [0.05, 0.1) is 12.2 Å². The number of amides is 1. The molecule has 29 heavy (non-hydrogen) atoms. The van der Waals surface area contributed by atoms with E-state index in [2.05, 4.69) is 10.6 Å². The number of carbonyl (C=O) groups excluding carboxylic acids is 1. The fraction of sp³-hybridized carbons (Fsp3) is 0.632. The van der Waals surface area contributed by atoms with Gasteiger partial charge >= 0.3 is 6.18 Å². The molecule has 0 bridgehead atoms. The Hall–Kier alpha value is -1.71. The highest BCUT2D eigenvalue weighted by molar-refractivity contribution is 5.97. The van der Waals surface area contributed by atoms with E-state index in [9.17, 15) is 18.0 Å². The minimum absolute atomic E-state index is 0. The second-order valence-corrected chi connectivity index (χ2v) is 6.46. The van der Waals surface area contributed by atoms with Crippen LogP contribution in [0.4, 0.5) is 13.2 Å². The Balaban J connectivity index is 0.00000420. The monoisotopic (exact) mass is 440 g/mol. The summed E-state index contributed by atoms with van der Waals surface area (Å²) in [6.45, 7) is 2.87. The number of carbonyl (C=O) groups is 1. The second kappa shape index (κ2) is 12.8. The first-order chi connectivity index (χ1) is 13.4. The molecule has 1 heterocycles. The third-order valence-corrected chi connectivity index (χ3v) is 4.21. The van der Waals surface area contributed by atoms with Gasteiger partial charge in [0.25, 0.3) is 5.91 Å². The van der Waals surface area contributed by atoms with Crippen LogP contribution in [0, 0.1) is 0 Å². The smallest absolute Gasteiger partial charge is 0.422 e. The van der Waals surface area contributed by atoms with E-state index in [1.54, 1.807) is 0 Å². The van der Waals surface area contributed by atoms with Crippen molar-refractivity contribution >= 4 is 18.3 Å². The third-order valence-electron chi connectivity index (χ3n) is 4.21. The van der Waals surface area contributed by atoms with Gasteiger partial charge in [-0.2, -0.15) is 13.2 Å². The van der Waals surface area contributed by atoms with Crippen molar-refractivity contribution in [3.8, 4) is 11.5 Å². The van der Waals surface area contributed by atoms with Gasteiger partial charge < -0.3 is 24.8 Å². The van der Waals surface area contributed by atoms with Crippen LogP contribution >= 0.6 is 12.4 Å². The predicted molar refractivity (Wildman–Crippen MR) is 105 cm³/mol. The molecule has 0 spiro atoms. The average molecular weight is 441 g/mol. The first-order valence-corrected chi connectivity index (χ1v) is 9.44. The van der Waals surface area contributed by atoms with Crippen LogP contribution in [-0.2, 0) is 4.74 Å². The van der Waals surface area contributed by atoms with E-state index in [1.165, 1.54) is 18.2 Å². The Labute approximate surface area is 174 Å². The van der Waals surface area contributed by atoms with Crippen molar-refractivity contribution < 1.29 is 32.2 Å². The van der Waals surface area contributed by atoms with Crippen LogP contribution in [0.3, 0.4) is 0 Å². The summed E-state index contributed by atoms with van der Waals surface area (Å²) in [6.07, 6.45) is -1.28. The normalized spacial score (nSPS) is 16.6. The summed E-state index contributed by atoms with van der Waals surface area (Å²) in [5, 5.41) is 6.14. The lowest BCUT2D eigenvalue weighted by Crippen LogP contribution is -2.43. The molecule has 0 saturated carbocycles. The molecule has 1 unspecified atom stereocenters. The largest absolute Gasteiger partial charge is 0.490 e. The molecule has 10 heteroatoms. The van der Waals surface area contributed by atoms with Crippen LogP contribution in [0.1, 0.15) is 36.5 Å². The first kappa shape index (κ1) is 25.3. The molecule has 1 amide bonds. The lowest BCUT2D eigenvalue weighted by molar-refractivity contribution is -0.153. The number of piperidine rings is 1. The Bertz CT molecular complexity index is 626. The number of alkyl halides is 3. The van der Waals surface area contributed by atoms with E-state index in [-0.39, 0.29) is 42.1 Å². The lowest BCUT2D eigenvalue weighted by Gasteiger charge is -2.23. The fourth-order valence-electron chi connectivity index (χ4n) is 2.83. The molecule has 0 aliphatic carbocycles. The van der Waals surface area contributed by atoms with Gasteiger partial charge in [-0.1, -0.05) is 6.42 Å². The molecular formula is C19H28ClF3N2O4. The van der Waals surface area contributed by atoms with Gasteiger partial charge in [-0.15, -0.1) is 12.4 Å². The number of nitrogens with one attached hydrogen (secondary N) is 2. The van der Waals surface area contributed by atoms with E-state index in [1.807, 2.05) is 6.92 Å². The van der Waals surface area contributed by atoms with E-state index < -0.39 is 18.7 Å². The number of ether oxygens (including phenoxy) is 3. The minimum atomic E-state index is -4.46. The number of benzene rings is 1. The van der Waals surface area contributed by atoms with E-state index in [0.717, 1.165) is 25.8 Å². The third kappa shape index (κ3) is 9.56. The highest BCUT2D eigenvalue weighted by atomic mass is 35.5. The van der Waals surface area contributed by atoms with Crippen molar-refractivity contribution in [3.05, 3.63) is 23.8 Å². The summed E-state index contributed by atoms with van der Waals surface area (Å²) >= 11 is 0. The summed E-state index contributed by atoms with van der Waals surface area (Å²) in [5.74, 6) is -0.195. The van der Waals surface area contributed by atoms with Gasteiger partial charge in [0.1, 0.15) is 18.1 Å². The van der Waals surface area contributed by atoms with Crippen LogP contribution in [0.5, 0.6) is 11.5 Å². The number of halogens is 4. The maximum absolute atomic E-state index is 12.6. The van der Waals surface area contributed by atoms with Crippen LogP contribution in [0.25, 0.3) is 0 Å². The highest BCUT2D eigenvalue weighted by Gasteiger charge is 2.28. The second-order valence-electron chi connectivity index (χ2n) is 6.46. The number of hydrogen-bond donors (Lipinski definition) is 2. The van der Waals surface area contributed by atoms with E-state index >= 15 is 0 Å². The zero-order chi connectivity index (χ0) is 20.4. The molecule has 1 aliphatic heterocycles. The molecule has 166 valence electrons. The van der Waals surface area contributed by atoms with Crippen molar-refractivity contribution in [3.63, 3.8) is 0 Å². The Kier molecular flexibility index (Phi) is 11.2. The van der Waals surface area contributed by atoms with Crippen LogP contribution in [-0.4, -0.2) is 57.6 Å². The topological polar surface area (TPSA) is 68.8 Å². The Morgan fingerprint density at radius 3 is 2.69 bits per heavy atom. The van der Waals surface area contributed by atoms with Crippen molar-refractivity contribution in [2.45, 2.75) is 38.4 Å². The Morgan fingerprint density at radius 2 is 2.03 bits per heavy atom. The molecule has 2 N–H and O–H groups in total. The van der Waals surface area contributed by atoms with Crippen molar-refractivity contribution in [1.29, 1.82) is 0 Å². The van der Waals surface area contributed by atoms with Gasteiger partial charge in [0, 0.05) is 19.2 Å². The van der Waals surface area contributed by atoms with Gasteiger partial charge in [-0.05, 0) is 44.5 Å². The SMILES string of the molecule is CCOCCOc1ccc(OCC(F)(F)F)cc1C(=O)NCC1CCCCN1.Cl. The summed E-state index contributed by atoms with van der Waals surface area (Å²) in [5.41, 5.74) is 0.131. The molecule has 0 aromatic heterocycles. The van der Waals surface area contributed by atoms with Gasteiger partial charge in [0.15, 0.2) is 6.61 Å². The zero-order valence-corrected chi connectivity index (χ0v) is 17.2. The lowest BCUT2D eigenvalue weighted by atomic mass is 10.0. The zero-order valence-electron chi connectivity index (χ0n) is 16.3. The fourth-order valence-corrected chi connectivity index (χ4v) is 2.83. The van der Waals surface area contributed by atoms with Gasteiger partial charge in [0.2, 0.25) is 0 Å². The number of hydrogen-bond acceptors (Lipinski definition) is 5. The summed E-state index contributed by atoms with van der Waals surface area (Å²) in [4.78, 5) is 12.6. The average Bonchev–Trinajstić information content (AvgIpc) is 2.68. The highest BCUT2D eigenvalue weighted by Crippen LogP contribution is 2.26. The van der Waals surface area contributed by atoms with Crippen LogP contribution < -0.4 is 20.1 Å². The predicted octanol–water partition coefficient (Wildman–Crippen LogP) is 3.34. The summed E-state index contributed by atoms with van der Waals surface area (Å²) in [7, 11) is 0. The first-order valence-electron chi connectivity index (χ1n) is 9.44. The van der Waals surface area contributed by atoms with E-state index in [4.69, 9.17) is 14.2 Å². The number of rotatable bonds is 10. The molecule has 1 atom stereocenters. The molecule has 1 aliphatic rings. The molecule has 2 rings (SSSR count). The maximum Gasteiger partial charge on any atom is 0.422 e. The van der Waals surface area contributed by atoms with E-state index in [0.29, 0.717) is 19.8 Å². The molecule has 1 aromatic rings. The molecule has 1 aromatic carbocycles. The standard InChI is InChI=1S/C19H27F3N2O4.ClH/c1-2-26-9-10-27-17-7-6-15(28-13-19(20,21)22)11-16(17)18(25)24-12-14-5-3-4-8-23-14;/h6-7,11,14,23H,2-5,8-10,12-13H2,1H3,(H,24,25);1H. The van der Waals surface area contributed by atoms with Crippen molar-refractivity contribution in [2.24, 2.45) is 0 Å². The molecule has 6 nitrogen and oxygen atoms in total. The molecule has 1 fully saturated rings. The minimum Gasteiger partial charge on any atom is -0.490 e.